The Kier molecular flexibility index (Phi) is 4.98. The highest BCUT2D eigenvalue weighted by molar-refractivity contribution is 7.15. The van der Waals surface area contributed by atoms with Gasteiger partial charge in [-0.05, 0) is 6.92 Å². The van der Waals surface area contributed by atoms with Crippen molar-refractivity contribution in [2.45, 2.75) is 13.0 Å². The number of carbonyl (C=O) groups is 1. The Labute approximate surface area is 102 Å². The number of esters is 1. The Hall–Kier alpha value is -0.850. The number of nitrogens with zero attached hydrogens (tertiary/aromatic N) is 1. The zero-order valence-corrected chi connectivity index (χ0v) is 10.7. The zero-order valence-electron chi connectivity index (χ0n) is 9.15. The third-order valence-corrected chi connectivity index (χ3v) is 2.95. The van der Waals surface area contributed by atoms with E-state index < -0.39 is 5.97 Å². The minimum Gasteiger partial charge on any atom is -0.465 e. The third kappa shape index (κ3) is 3.33. The van der Waals surface area contributed by atoms with E-state index in [1.807, 2.05) is 6.92 Å². The molecule has 0 fully saturated rings. The summed E-state index contributed by atoms with van der Waals surface area (Å²) >= 11 is 6.82. The topological polar surface area (TPSA) is 57.7 Å². The molecule has 0 saturated heterocycles. The summed E-state index contributed by atoms with van der Waals surface area (Å²) in [5, 5.41) is 0.423. The number of carbonyl (C=O) groups excluding carboxylic acids is 1. The molecule has 0 aliphatic heterocycles. The van der Waals surface area contributed by atoms with E-state index in [1.165, 1.54) is 7.11 Å². The van der Waals surface area contributed by atoms with Crippen LogP contribution in [0.5, 0.6) is 5.19 Å². The molecule has 1 aromatic rings. The highest BCUT2D eigenvalue weighted by Crippen LogP contribution is 2.29. The standard InChI is InChI=1S/C9H12ClNO4S/c1-5(4-13-2)15-9-11-7(10)6(16-9)8(12)14-3/h5H,4H2,1-3H3. The van der Waals surface area contributed by atoms with Crippen LogP contribution < -0.4 is 4.74 Å². The molecule has 1 heterocycles. The van der Waals surface area contributed by atoms with E-state index in [2.05, 4.69) is 9.72 Å². The predicted molar refractivity (Wildman–Crippen MR) is 60.4 cm³/mol. The van der Waals surface area contributed by atoms with Crippen molar-refractivity contribution in [1.29, 1.82) is 0 Å². The van der Waals surface area contributed by atoms with Gasteiger partial charge in [0.1, 0.15) is 6.10 Å². The van der Waals surface area contributed by atoms with Gasteiger partial charge in [0.2, 0.25) is 0 Å². The fourth-order valence-corrected chi connectivity index (χ4v) is 2.13. The largest absolute Gasteiger partial charge is 0.465 e. The van der Waals surface area contributed by atoms with E-state index in [-0.39, 0.29) is 16.1 Å². The van der Waals surface area contributed by atoms with Gasteiger partial charge < -0.3 is 14.2 Å². The molecule has 1 rings (SSSR count). The van der Waals surface area contributed by atoms with Gasteiger partial charge >= 0.3 is 5.97 Å². The van der Waals surface area contributed by atoms with E-state index in [1.54, 1.807) is 7.11 Å². The average molecular weight is 266 g/mol. The number of halogens is 1. The summed E-state index contributed by atoms with van der Waals surface area (Å²) in [5.74, 6) is -0.517. The van der Waals surface area contributed by atoms with Crippen molar-refractivity contribution < 1.29 is 19.0 Å². The Morgan fingerprint density at radius 2 is 2.25 bits per heavy atom. The highest BCUT2D eigenvalue weighted by atomic mass is 35.5. The van der Waals surface area contributed by atoms with Crippen LogP contribution in [0.15, 0.2) is 0 Å². The van der Waals surface area contributed by atoms with Crippen molar-refractivity contribution >= 4 is 28.9 Å². The van der Waals surface area contributed by atoms with Crippen LogP contribution in [0.3, 0.4) is 0 Å². The monoisotopic (exact) mass is 265 g/mol. The summed E-state index contributed by atoms with van der Waals surface area (Å²) in [6.45, 7) is 2.27. The lowest BCUT2D eigenvalue weighted by molar-refractivity contribution is 0.0606. The highest BCUT2D eigenvalue weighted by Gasteiger charge is 2.19. The molecule has 5 nitrogen and oxygen atoms in total. The van der Waals surface area contributed by atoms with Gasteiger partial charge in [-0.2, -0.15) is 4.98 Å². The molecule has 7 heteroatoms. The molecule has 0 aliphatic rings. The molecule has 0 spiro atoms. The fourth-order valence-electron chi connectivity index (χ4n) is 0.993. The molecular formula is C9H12ClNO4S. The van der Waals surface area contributed by atoms with E-state index in [0.717, 1.165) is 11.3 Å². The van der Waals surface area contributed by atoms with Crippen LogP contribution in [0, 0.1) is 0 Å². The van der Waals surface area contributed by atoms with Crippen LogP contribution in [0.25, 0.3) is 0 Å². The van der Waals surface area contributed by atoms with E-state index in [9.17, 15) is 4.79 Å². The van der Waals surface area contributed by atoms with Gasteiger partial charge in [0.15, 0.2) is 10.0 Å². The average Bonchev–Trinajstić information content (AvgIpc) is 2.58. The van der Waals surface area contributed by atoms with Crippen molar-refractivity contribution in [3.05, 3.63) is 10.0 Å². The number of ether oxygens (including phenoxy) is 3. The van der Waals surface area contributed by atoms with Gasteiger partial charge in [-0.3, -0.25) is 0 Å². The fraction of sp³-hybridized carbons (Fsp3) is 0.556. The number of thiazole rings is 1. The summed E-state index contributed by atoms with van der Waals surface area (Å²) in [7, 11) is 2.86. The minimum absolute atomic E-state index is 0.0940. The van der Waals surface area contributed by atoms with Crippen LogP contribution in [-0.4, -0.2) is 37.9 Å². The smallest absolute Gasteiger partial charge is 0.351 e. The number of hydrogen-bond donors (Lipinski definition) is 0. The normalized spacial score (nSPS) is 12.2. The quantitative estimate of drug-likeness (QED) is 0.762. The zero-order chi connectivity index (χ0) is 12.1. The molecule has 0 N–H and O–H groups in total. The molecule has 90 valence electrons. The maximum absolute atomic E-state index is 11.2. The van der Waals surface area contributed by atoms with Crippen LogP contribution >= 0.6 is 22.9 Å². The van der Waals surface area contributed by atoms with Gasteiger partial charge in [-0.15, -0.1) is 0 Å². The van der Waals surface area contributed by atoms with Crippen LogP contribution in [0.4, 0.5) is 0 Å². The van der Waals surface area contributed by atoms with Crippen molar-refractivity contribution in [1.82, 2.24) is 4.98 Å². The first-order valence-electron chi connectivity index (χ1n) is 4.48. The number of hydrogen-bond acceptors (Lipinski definition) is 6. The first kappa shape index (κ1) is 13.2. The molecule has 1 aromatic heterocycles. The summed E-state index contributed by atoms with van der Waals surface area (Å²) in [6.07, 6.45) is -0.155. The predicted octanol–water partition coefficient (Wildman–Crippen LogP) is 2.00. The van der Waals surface area contributed by atoms with Crippen molar-refractivity contribution in [2.75, 3.05) is 20.8 Å². The summed E-state index contributed by atoms with van der Waals surface area (Å²) < 4.78 is 14.9. The second-order valence-corrected chi connectivity index (χ2v) is 4.29. The third-order valence-electron chi connectivity index (χ3n) is 1.64. The van der Waals surface area contributed by atoms with Gasteiger partial charge in [-0.1, -0.05) is 22.9 Å². The minimum atomic E-state index is -0.517. The second kappa shape index (κ2) is 6.03. The molecule has 0 aromatic carbocycles. The van der Waals surface area contributed by atoms with Crippen molar-refractivity contribution in [3.63, 3.8) is 0 Å². The second-order valence-electron chi connectivity index (χ2n) is 2.98. The Morgan fingerprint density at radius 3 is 2.81 bits per heavy atom. The lowest BCUT2D eigenvalue weighted by Crippen LogP contribution is -2.17. The van der Waals surface area contributed by atoms with Crippen LogP contribution in [-0.2, 0) is 9.47 Å². The van der Waals surface area contributed by atoms with Crippen LogP contribution in [0.2, 0.25) is 5.15 Å². The summed E-state index contributed by atoms with van der Waals surface area (Å²) in [5.41, 5.74) is 0. The maximum atomic E-state index is 11.2. The lowest BCUT2D eigenvalue weighted by atomic mass is 10.4. The van der Waals surface area contributed by atoms with Gasteiger partial charge in [0.25, 0.3) is 5.19 Å². The molecule has 0 amide bonds. The molecule has 0 radical (unpaired) electrons. The van der Waals surface area contributed by atoms with Gasteiger partial charge in [-0.25, -0.2) is 4.79 Å². The van der Waals surface area contributed by atoms with Gasteiger partial charge in [0.05, 0.1) is 13.7 Å². The lowest BCUT2D eigenvalue weighted by Gasteiger charge is -2.09. The SMILES string of the molecule is COCC(C)Oc1nc(Cl)c(C(=O)OC)s1. The number of methoxy groups -OCH3 is 2. The van der Waals surface area contributed by atoms with Crippen molar-refractivity contribution in [2.24, 2.45) is 0 Å². The summed E-state index contributed by atoms with van der Waals surface area (Å²) in [6, 6.07) is 0. The Balaban J connectivity index is 2.73. The van der Waals surface area contributed by atoms with Crippen molar-refractivity contribution in [3.8, 4) is 5.19 Å². The van der Waals surface area contributed by atoms with E-state index >= 15 is 0 Å². The molecule has 0 bridgehead atoms. The van der Waals surface area contributed by atoms with Gasteiger partial charge in [0, 0.05) is 7.11 Å². The molecule has 1 unspecified atom stereocenters. The molecule has 0 aliphatic carbocycles. The molecule has 16 heavy (non-hydrogen) atoms. The number of rotatable bonds is 5. The molecule has 1 atom stereocenters. The van der Waals surface area contributed by atoms with E-state index in [0.29, 0.717) is 11.8 Å². The van der Waals surface area contributed by atoms with Crippen LogP contribution in [0.1, 0.15) is 16.6 Å². The Bertz CT molecular complexity index is 368. The Morgan fingerprint density at radius 1 is 1.56 bits per heavy atom. The maximum Gasteiger partial charge on any atom is 0.351 e. The first-order chi connectivity index (χ1) is 7.58. The van der Waals surface area contributed by atoms with E-state index in [4.69, 9.17) is 21.1 Å². The molecule has 0 saturated carbocycles. The number of aromatic nitrogens is 1. The summed E-state index contributed by atoms with van der Waals surface area (Å²) in [4.78, 5) is 15.4. The molecular weight excluding hydrogens is 254 g/mol. The first-order valence-corrected chi connectivity index (χ1v) is 5.68.